The summed E-state index contributed by atoms with van der Waals surface area (Å²) >= 11 is 0. The Hall–Kier alpha value is -4.07. The van der Waals surface area contributed by atoms with E-state index in [1.165, 1.54) is 4.90 Å². The summed E-state index contributed by atoms with van der Waals surface area (Å²) in [6, 6.07) is 20.8. The molecule has 2 aliphatic rings. The van der Waals surface area contributed by atoms with Gasteiger partial charge in [-0.15, -0.1) is 0 Å². The van der Waals surface area contributed by atoms with Gasteiger partial charge in [0.1, 0.15) is 23.9 Å². The summed E-state index contributed by atoms with van der Waals surface area (Å²) in [5, 5.41) is 4.82. The number of benzene rings is 3. The number of hydrogen-bond donors (Lipinski definition) is 1. The van der Waals surface area contributed by atoms with Crippen LogP contribution in [0.25, 0.3) is 10.8 Å². The van der Waals surface area contributed by atoms with E-state index in [4.69, 9.17) is 4.74 Å². The van der Waals surface area contributed by atoms with Crippen molar-refractivity contribution in [3.05, 3.63) is 72.3 Å². The first-order chi connectivity index (χ1) is 17.3. The molecule has 0 radical (unpaired) electrons. The molecule has 5 rings (SSSR count). The van der Waals surface area contributed by atoms with Crippen molar-refractivity contribution in [2.75, 3.05) is 38.1 Å². The van der Waals surface area contributed by atoms with Crippen molar-refractivity contribution < 1.29 is 19.1 Å². The number of amides is 4. The highest BCUT2D eigenvalue weighted by atomic mass is 16.5. The van der Waals surface area contributed by atoms with Crippen LogP contribution >= 0.6 is 0 Å². The van der Waals surface area contributed by atoms with E-state index in [1.807, 2.05) is 66.7 Å². The lowest BCUT2D eigenvalue weighted by Gasteiger charge is -2.37. The number of hydrogen-bond acceptors (Lipinski definition) is 5. The molecule has 0 spiro atoms. The van der Waals surface area contributed by atoms with E-state index in [-0.39, 0.29) is 18.6 Å². The van der Waals surface area contributed by atoms with Gasteiger partial charge in [-0.1, -0.05) is 48.5 Å². The smallest absolute Gasteiger partial charge is 0.325 e. The molecule has 8 nitrogen and oxygen atoms in total. The summed E-state index contributed by atoms with van der Waals surface area (Å²) in [7, 11) is 1.67. The van der Waals surface area contributed by atoms with Crippen LogP contribution in [-0.4, -0.2) is 67.0 Å². The number of nitrogens with one attached hydrogen (secondary N) is 1. The average Bonchev–Trinajstić information content (AvgIpc) is 3.11. The zero-order valence-electron chi connectivity index (χ0n) is 20.7. The number of carbonyl (C=O) groups excluding carboxylic acids is 3. The number of urea groups is 1. The van der Waals surface area contributed by atoms with Gasteiger partial charge >= 0.3 is 6.03 Å². The number of para-hydroxylation sites is 2. The van der Waals surface area contributed by atoms with Gasteiger partial charge in [-0.05, 0) is 48.4 Å². The first-order valence-corrected chi connectivity index (χ1v) is 12.2. The molecule has 2 atom stereocenters. The van der Waals surface area contributed by atoms with Crippen molar-refractivity contribution in [1.82, 2.24) is 15.1 Å². The molecule has 1 N–H and O–H groups in total. The maximum absolute atomic E-state index is 13.4. The van der Waals surface area contributed by atoms with Crippen molar-refractivity contribution in [2.45, 2.75) is 25.5 Å². The van der Waals surface area contributed by atoms with Gasteiger partial charge in [-0.25, -0.2) is 4.79 Å². The largest absolute Gasteiger partial charge is 0.485 e. The van der Waals surface area contributed by atoms with Gasteiger partial charge in [-0.3, -0.25) is 14.5 Å². The minimum atomic E-state index is -1.24. The first-order valence-electron chi connectivity index (χ1n) is 12.2. The SMILES string of the molecule is CCN1C[C@@H](CN(C)C(=O)CN2C(=O)N[C@](C)(c3ccc4ccccc4c3)C2=O)Oc2ccccc21. The van der Waals surface area contributed by atoms with Crippen molar-refractivity contribution >= 4 is 34.3 Å². The quantitative estimate of drug-likeness (QED) is 0.541. The molecular weight excluding hydrogens is 456 g/mol. The molecule has 0 unspecified atom stereocenters. The fraction of sp³-hybridized carbons (Fsp3) is 0.321. The molecule has 0 bridgehead atoms. The second-order valence-corrected chi connectivity index (χ2v) is 9.53. The number of imide groups is 1. The third-order valence-corrected chi connectivity index (χ3v) is 7.10. The van der Waals surface area contributed by atoms with Crippen LogP contribution in [0, 0.1) is 0 Å². The molecule has 8 heteroatoms. The number of ether oxygens (including phenoxy) is 1. The monoisotopic (exact) mass is 486 g/mol. The van der Waals surface area contributed by atoms with Crippen LogP contribution in [0.5, 0.6) is 5.75 Å². The van der Waals surface area contributed by atoms with Crippen molar-refractivity contribution in [2.24, 2.45) is 0 Å². The number of rotatable bonds is 6. The third kappa shape index (κ3) is 4.12. The van der Waals surface area contributed by atoms with Gasteiger partial charge in [0, 0.05) is 13.6 Å². The highest BCUT2D eigenvalue weighted by Gasteiger charge is 2.49. The molecule has 3 aromatic carbocycles. The van der Waals surface area contributed by atoms with Gasteiger partial charge < -0.3 is 19.9 Å². The first kappa shape index (κ1) is 23.7. The highest BCUT2D eigenvalue weighted by molar-refractivity contribution is 6.09. The van der Waals surface area contributed by atoms with Crippen molar-refractivity contribution in [3.8, 4) is 5.75 Å². The van der Waals surface area contributed by atoms with Gasteiger partial charge in [0.25, 0.3) is 5.91 Å². The van der Waals surface area contributed by atoms with Crippen LogP contribution in [0.3, 0.4) is 0 Å². The number of nitrogens with zero attached hydrogens (tertiary/aromatic N) is 3. The molecule has 1 saturated heterocycles. The lowest BCUT2D eigenvalue weighted by Crippen LogP contribution is -2.49. The number of fused-ring (bicyclic) bond motifs is 2. The zero-order valence-corrected chi connectivity index (χ0v) is 20.7. The predicted molar refractivity (Wildman–Crippen MR) is 138 cm³/mol. The Bertz CT molecular complexity index is 1340. The zero-order chi connectivity index (χ0) is 25.4. The maximum atomic E-state index is 13.4. The van der Waals surface area contributed by atoms with E-state index >= 15 is 0 Å². The summed E-state index contributed by atoms with van der Waals surface area (Å²) in [6.45, 7) is 5.25. The van der Waals surface area contributed by atoms with Gasteiger partial charge in [0.2, 0.25) is 5.91 Å². The fourth-order valence-corrected chi connectivity index (χ4v) is 4.97. The number of likely N-dealkylation sites (N-methyl/N-ethyl adjacent to an activating group) is 2. The van der Waals surface area contributed by atoms with Crippen molar-refractivity contribution in [3.63, 3.8) is 0 Å². The molecule has 36 heavy (non-hydrogen) atoms. The van der Waals surface area contributed by atoms with Crippen LogP contribution < -0.4 is 15.0 Å². The Morgan fingerprint density at radius 2 is 1.81 bits per heavy atom. The normalized spacial score (nSPS) is 21.2. The summed E-state index contributed by atoms with van der Waals surface area (Å²) in [4.78, 5) is 44.0. The standard InChI is InChI=1S/C28H30N4O4/c1-4-31-17-22(36-24-12-8-7-11-23(24)31)16-30(3)25(33)18-32-26(34)28(2,29-27(32)35)21-14-13-19-9-5-6-10-20(19)15-21/h5-15,22H,4,16-18H2,1-3H3,(H,29,35)/t22-,28-/m1/s1. The van der Waals surface area contributed by atoms with Gasteiger partial charge in [0.15, 0.2) is 0 Å². The molecule has 2 heterocycles. The van der Waals surface area contributed by atoms with Crippen LogP contribution in [0.1, 0.15) is 19.4 Å². The second kappa shape index (κ2) is 9.18. The van der Waals surface area contributed by atoms with Crippen LogP contribution in [0.15, 0.2) is 66.7 Å². The predicted octanol–water partition coefficient (Wildman–Crippen LogP) is 3.35. The summed E-state index contributed by atoms with van der Waals surface area (Å²) in [5.41, 5.74) is 0.479. The summed E-state index contributed by atoms with van der Waals surface area (Å²) in [6.07, 6.45) is -0.222. The Morgan fingerprint density at radius 3 is 2.58 bits per heavy atom. The van der Waals surface area contributed by atoms with E-state index in [2.05, 4.69) is 17.1 Å². The number of anilines is 1. The van der Waals surface area contributed by atoms with Gasteiger partial charge in [-0.2, -0.15) is 0 Å². The molecule has 186 valence electrons. The molecule has 2 aliphatic heterocycles. The summed E-state index contributed by atoms with van der Waals surface area (Å²) < 4.78 is 6.13. The van der Waals surface area contributed by atoms with E-state index in [9.17, 15) is 14.4 Å². The lowest BCUT2D eigenvalue weighted by atomic mass is 9.90. The van der Waals surface area contributed by atoms with Crippen molar-refractivity contribution in [1.29, 1.82) is 0 Å². The molecule has 0 aliphatic carbocycles. The molecule has 1 fully saturated rings. The minimum Gasteiger partial charge on any atom is -0.485 e. The summed E-state index contributed by atoms with van der Waals surface area (Å²) in [5.74, 6) is 0.0213. The van der Waals surface area contributed by atoms with Crippen LogP contribution in [0.4, 0.5) is 10.5 Å². The van der Waals surface area contributed by atoms with E-state index in [1.54, 1.807) is 14.0 Å². The Balaban J connectivity index is 1.27. The second-order valence-electron chi connectivity index (χ2n) is 9.53. The Morgan fingerprint density at radius 1 is 1.08 bits per heavy atom. The van der Waals surface area contributed by atoms with Gasteiger partial charge in [0.05, 0.1) is 18.8 Å². The topological polar surface area (TPSA) is 82.2 Å². The van der Waals surface area contributed by atoms with Crippen LogP contribution in [-0.2, 0) is 15.1 Å². The van der Waals surface area contributed by atoms with E-state index in [0.29, 0.717) is 18.7 Å². The minimum absolute atomic E-state index is 0.222. The fourth-order valence-electron chi connectivity index (χ4n) is 4.97. The highest BCUT2D eigenvalue weighted by Crippen LogP contribution is 2.33. The molecule has 0 aromatic heterocycles. The van der Waals surface area contributed by atoms with E-state index in [0.717, 1.165) is 33.7 Å². The molecule has 4 amide bonds. The average molecular weight is 487 g/mol. The lowest BCUT2D eigenvalue weighted by molar-refractivity contribution is -0.138. The molecule has 3 aromatic rings. The maximum Gasteiger partial charge on any atom is 0.325 e. The Kier molecular flexibility index (Phi) is 6.04. The number of carbonyl (C=O) groups is 3. The van der Waals surface area contributed by atoms with E-state index < -0.39 is 17.5 Å². The molecule has 0 saturated carbocycles. The Labute approximate surface area is 210 Å². The third-order valence-electron chi connectivity index (χ3n) is 7.10. The molecular formula is C28H30N4O4. The van der Waals surface area contributed by atoms with Crippen LogP contribution in [0.2, 0.25) is 0 Å².